The van der Waals surface area contributed by atoms with Gasteiger partial charge in [0, 0.05) is 0 Å². The average Bonchev–Trinajstić information content (AvgIpc) is 2.04. The lowest BCUT2D eigenvalue weighted by Crippen LogP contribution is -2.11. The van der Waals surface area contributed by atoms with E-state index in [1.807, 2.05) is 13.0 Å². The molecule has 0 aliphatic heterocycles. The van der Waals surface area contributed by atoms with E-state index in [9.17, 15) is 5.11 Å². The molecule has 0 radical (unpaired) electrons. The third-order valence-electron chi connectivity index (χ3n) is 2.74. The summed E-state index contributed by atoms with van der Waals surface area (Å²) in [5.74, 6) is 0.758. The molecule has 0 amide bonds. The Labute approximate surface area is 75.5 Å². The molecule has 1 aliphatic rings. The Bertz CT molecular complexity index is 158. The van der Waals surface area contributed by atoms with Crippen molar-refractivity contribution in [1.29, 1.82) is 0 Å². The van der Waals surface area contributed by atoms with E-state index in [0.717, 1.165) is 5.92 Å². The molecule has 1 rings (SSSR count). The highest BCUT2D eigenvalue weighted by Gasteiger charge is 2.16. The third-order valence-corrected chi connectivity index (χ3v) is 2.74. The van der Waals surface area contributed by atoms with Crippen LogP contribution in [0.15, 0.2) is 11.6 Å². The first kappa shape index (κ1) is 9.79. The van der Waals surface area contributed by atoms with Crippen molar-refractivity contribution in [3.8, 4) is 0 Å². The second kappa shape index (κ2) is 4.66. The summed E-state index contributed by atoms with van der Waals surface area (Å²) in [6.07, 6.45) is 8.25. The smallest absolute Gasteiger partial charge is 0.0695 e. The molecule has 0 saturated heterocycles. The van der Waals surface area contributed by atoms with Crippen LogP contribution in [0.3, 0.4) is 0 Å². The van der Waals surface area contributed by atoms with Crippen LogP contribution in [0.2, 0.25) is 0 Å². The summed E-state index contributed by atoms with van der Waals surface area (Å²) in [5, 5.41) is 9.24. The molecule has 1 aliphatic carbocycles. The summed E-state index contributed by atoms with van der Waals surface area (Å²) in [6.45, 7) is 4.08. The van der Waals surface area contributed by atoms with E-state index in [0.29, 0.717) is 0 Å². The molecule has 1 fully saturated rings. The van der Waals surface area contributed by atoms with Crippen LogP contribution in [0.1, 0.15) is 46.0 Å². The molecule has 0 aromatic heterocycles. The number of allylic oxidation sites excluding steroid dienone is 1. The van der Waals surface area contributed by atoms with E-state index in [-0.39, 0.29) is 6.10 Å². The quantitative estimate of drug-likeness (QED) is 0.629. The van der Waals surface area contributed by atoms with Gasteiger partial charge in [-0.1, -0.05) is 25.0 Å². The van der Waals surface area contributed by atoms with Crippen LogP contribution in [0.25, 0.3) is 0 Å². The van der Waals surface area contributed by atoms with Crippen LogP contribution in [0.4, 0.5) is 0 Å². The van der Waals surface area contributed by atoms with E-state index >= 15 is 0 Å². The maximum Gasteiger partial charge on any atom is 0.0695 e. The van der Waals surface area contributed by atoms with Gasteiger partial charge in [-0.25, -0.2) is 0 Å². The lowest BCUT2D eigenvalue weighted by atomic mass is 9.82. The summed E-state index contributed by atoms with van der Waals surface area (Å²) in [7, 11) is 0. The van der Waals surface area contributed by atoms with Crippen molar-refractivity contribution < 1.29 is 5.11 Å². The van der Waals surface area contributed by atoms with Gasteiger partial charge in [0.1, 0.15) is 0 Å². The first-order chi connectivity index (χ1) is 5.74. The largest absolute Gasteiger partial charge is 0.389 e. The highest BCUT2D eigenvalue weighted by atomic mass is 16.3. The summed E-state index contributed by atoms with van der Waals surface area (Å²) in [5.41, 5.74) is 1.50. The molecule has 0 aromatic rings. The highest BCUT2D eigenvalue weighted by Crippen LogP contribution is 2.31. The standard InChI is InChI=1S/C11H20O/c1-3-10-6-4-5-7-11(10)8-9(2)12/h8-10,12H,3-7H2,1-2H3. The lowest BCUT2D eigenvalue weighted by molar-refractivity contribution is 0.240. The van der Waals surface area contributed by atoms with Crippen LogP contribution in [0, 0.1) is 5.92 Å². The van der Waals surface area contributed by atoms with Gasteiger partial charge in [-0.15, -0.1) is 0 Å². The molecule has 1 saturated carbocycles. The zero-order chi connectivity index (χ0) is 8.97. The van der Waals surface area contributed by atoms with Crippen molar-refractivity contribution in [2.45, 2.75) is 52.1 Å². The second-order valence-electron chi connectivity index (χ2n) is 3.83. The molecule has 0 heterocycles. The van der Waals surface area contributed by atoms with Gasteiger partial charge in [-0.2, -0.15) is 0 Å². The first-order valence-electron chi connectivity index (χ1n) is 5.12. The van der Waals surface area contributed by atoms with Gasteiger partial charge in [-0.3, -0.25) is 0 Å². The fourth-order valence-electron chi connectivity index (χ4n) is 2.10. The lowest BCUT2D eigenvalue weighted by Gasteiger charge is -2.24. The van der Waals surface area contributed by atoms with E-state index < -0.39 is 0 Å². The molecule has 1 N–H and O–H groups in total. The molecule has 12 heavy (non-hydrogen) atoms. The Balaban J connectivity index is 2.58. The zero-order valence-corrected chi connectivity index (χ0v) is 8.21. The second-order valence-corrected chi connectivity index (χ2v) is 3.83. The summed E-state index contributed by atoms with van der Waals surface area (Å²) in [4.78, 5) is 0. The number of rotatable bonds is 2. The van der Waals surface area contributed by atoms with Crippen LogP contribution in [0.5, 0.6) is 0 Å². The molecule has 0 bridgehead atoms. The monoisotopic (exact) mass is 168 g/mol. The zero-order valence-electron chi connectivity index (χ0n) is 8.21. The number of aliphatic hydroxyl groups is 1. The summed E-state index contributed by atoms with van der Waals surface area (Å²) >= 11 is 0. The average molecular weight is 168 g/mol. The molecular formula is C11H20O. The van der Waals surface area contributed by atoms with Gasteiger partial charge < -0.3 is 5.11 Å². The van der Waals surface area contributed by atoms with E-state index in [1.165, 1.54) is 37.7 Å². The number of hydrogen-bond acceptors (Lipinski definition) is 1. The first-order valence-corrected chi connectivity index (χ1v) is 5.12. The predicted molar refractivity (Wildman–Crippen MR) is 52.0 cm³/mol. The molecular weight excluding hydrogens is 148 g/mol. The van der Waals surface area contributed by atoms with Gasteiger partial charge >= 0.3 is 0 Å². The maximum atomic E-state index is 9.24. The van der Waals surface area contributed by atoms with E-state index in [4.69, 9.17) is 0 Å². The molecule has 2 unspecified atom stereocenters. The molecule has 1 heteroatoms. The maximum absolute atomic E-state index is 9.24. The van der Waals surface area contributed by atoms with Gasteiger partial charge in [0.25, 0.3) is 0 Å². The highest BCUT2D eigenvalue weighted by molar-refractivity contribution is 5.10. The number of hydrogen-bond donors (Lipinski definition) is 1. The van der Waals surface area contributed by atoms with Gasteiger partial charge in [0.05, 0.1) is 6.10 Å². The van der Waals surface area contributed by atoms with Crippen LogP contribution in [-0.4, -0.2) is 11.2 Å². The minimum atomic E-state index is -0.257. The minimum absolute atomic E-state index is 0.257. The SMILES string of the molecule is CCC1CCCCC1=CC(C)O. The van der Waals surface area contributed by atoms with Gasteiger partial charge in [-0.05, 0) is 38.5 Å². The van der Waals surface area contributed by atoms with Crippen molar-refractivity contribution in [3.63, 3.8) is 0 Å². The molecule has 70 valence electrons. The van der Waals surface area contributed by atoms with E-state index in [2.05, 4.69) is 6.92 Å². The van der Waals surface area contributed by atoms with Crippen molar-refractivity contribution in [2.24, 2.45) is 5.92 Å². The Hall–Kier alpha value is -0.300. The molecule has 0 aromatic carbocycles. The van der Waals surface area contributed by atoms with Crippen molar-refractivity contribution >= 4 is 0 Å². The fourth-order valence-corrected chi connectivity index (χ4v) is 2.10. The van der Waals surface area contributed by atoms with Crippen molar-refractivity contribution in [2.75, 3.05) is 0 Å². The molecule has 0 spiro atoms. The summed E-state index contributed by atoms with van der Waals surface area (Å²) < 4.78 is 0. The molecule has 2 atom stereocenters. The Kier molecular flexibility index (Phi) is 3.80. The van der Waals surface area contributed by atoms with E-state index in [1.54, 1.807) is 0 Å². The van der Waals surface area contributed by atoms with Crippen LogP contribution in [-0.2, 0) is 0 Å². The van der Waals surface area contributed by atoms with Gasteiger partial charge in [0.2, 0.25) is 0 Å². The Morgan fingerprint density at radius 1 is 1.58 bits per heavy atom. The fraction of sp³-hybridized carbons (Fsp3) is 0.818. The van der Waals surface area contributed by atoms with Crippen LogP contribution < -0.4 is 0 Å². The topological polar surface area (TPSA) is 20.2 Å². The van der Waals surface area contributed by atoms with Crippen LogP contribution >= 0.6 is 0 Å². The molecule has 1 nitrogen and oxygen atoms in total. The normalized spacial score (nSPS) is 30.6. The summed E-state index contributed by atoms with van der Waals surface area (Å²) in [6, 6.07) is 0. The third kappa shape index (κ3) is 2.63. The van der Waals surface area contributed by atoms with Crippen molar-refractivity contribution in [3.05, 3.63) is 11.6 Å². The Morgan fingerprint density at radius 3 is 2.92 bits per heavy atom. The number of aliphatic hydroxyl groups excluding tert-OH is 1. The minimum Gasteiger partial charge on any atom is -0.389 e. The Morgan fingerprint density at radius 2 is 2.33 bits per heavy atom. The van der Waals surface area contributed by atoms with Gasteiger partial charge in [0.15, 0.2) is 0 Å². The predicted octanol–water partition coefficient (Wildman–Crippen LogP) is 2.89. The van der Waals surface area contributed by atoms with Crippen molar-refractivity contribution in [1.82, 2.24) is 0 Å².